The van der Waals surface area contributed by atoms with Crippen LogP contribution >= 0.6 is 12.2 Å². The van der Waals surface area contributed by atoms with Gasteiger partial charge >= 0.3 is 0 Å². The zero-order valence-electron chi connectivity index (χ0n) is 12.1. The van der Waals surface area contributed by atoms with Crippen LogP contribution in [-0.2, 0) is 4.74 Å². The van der Waals surface area contributed by atoms with E-state index >= 15 is 0 Å². The van der Waals surface area contributed by atoms with Crippen molar-refractivity contribution < 1.29 is 4.74 Å². The molecule has 4 heteroatoms. The number of rotatable bonds is 1. The molecule has 2 aliphatic rings. The molecule has 1 aliphatic carbocycles. The molecular formula is C14H26N2OS. The van der Waals surface area contributed by atoms with Crippen molar-refractivity contribution in [1.29, 1.82) is 0 Å². The predicted molar refractivity (Wildman–Crippen MR) is 78.8 cm³/mol. The van der Waals surface area contributed by atoms with Gasteiger partial charge in [-0.2, -0.15) is 0 Å². The molecular weight excluding hydrogens is 244 g/mol. The summed E-state index contributed by atoms with van der Waals surface area (Å²) in [5.74, 6) is 0. The highest BCUT2D eigenvalue weighted by Crippen LogP contribution is 2.28. The zero-order chi connectivity index (χ0) is 13.4. The molecule has 2 fully saturated rings. The molecule has 0 bridgehead atoms. The summed E-state index contributed by atoms with van der Waals surface area (Å²) in [6, 6.07) is 0.589. The predicted octanol–water partition coefficient (Wildman–Crippen LogP) is 2.69. The summed E-state index contributed by atoms with van der Waals surface area (Å²) < 4.78 is 6.08. The second kappa shape index (κ2) is 4.97. The molecule has 1 saturated carbocycles. The second-order valence-electron chi connectivity index (χ2n) is 6.91. The molecule has 0 aromatic heterocycles. The largest absolute Gasteiger partial charge is 0.366 e. The molecule has 0 radical (unpaired) electrons. The highest BCUT2D eigenvalue weighted by atomic mass is 32.1. The first-order chi connectivity index (χ1) is 8.27. The molecule has 1 saturated heterocycles. The van der Waals surface area contributed by atoms with Crippen LogP contribution in [0.25, 0.3) is 0 Å². The van der Waals surface area contributed by atoms with Gasteiger partial charge in [-0.15, -0.1) is 0 Å². The first-order valence-corrected chi connectivity index (χ1v) is 7.44. The van der Waals surface area contributed by atoms with Crippen LogP contribution in [0.3, 0.4) is 0 Å². The highest BCUT2D eigenvalue weighted by molar-refractivity contribution is 7.80. The van der Waals surface area contributed by atoms with E-state index in [9.17, 15) is 0 Å². The van der Waals surface area contributed by atoms with Crippen molar-refractivity contribution in [2.75, 3.05) is 13.1 Å². The molecule has 0 aromatic rings. The number of morpholine rings is 1. The first-order valence-electron chi connectivity index (χ1n) is 7.03. The summed E-state index contributed by atoms with van der Waals surface area (Å²) in [4.78, 5) is 2.27. The lowest BCUT2D eigenvalue weighted by Crippen LogP contribution is -2.61. The van der Waals surface area contributed by atoms with Crippen LogP contribution in [0, 0.1) is 0 Å². The maximum absolute atomic E-state index is 6.08. The summed E-state index contributed by atoms with van der Waals surface area (Å²) in [5, 5.41) is 4.43. The van der Waals surface area contributed by atoms with Crippen molar-refractivity contribution in [3.63, 3.8) is 0 Å². The van der Waals surface area contributed by atoms with Crippen LogP contribution in [0.2, 0.25) is 0 Å². The molecule has 1 aliphatic heterocycles. The quantitative estimate of drug-likeness (QED) is 0.741. The summed E-state index contributed by atoms with van der Waals surface area (Å²) >= 11 is 5.57. The third-order valence-electron chi connectivity index (χ3n) is 3.67. The number of nitrogens with one attached hydrogen (secondary N) is 1. The van der Waals surface area contributed by atoms with Crippen molar-refractivity contribution in [2.45, 2.75) is 70.6 Å². The molecule has 0 amide bonds. The summed E-state index contributed by atoms with van der Waals surface area (Å²) in [5.41, 5.74) is -0.271. The minimum absolute atomic E-state index is 0.136. The number of hydrogen-bond acceptors (Lipinski definition) is 2. The van der Waals surface area contributed by atoms with Crippen LogP contribution < -0.4 is 5.32 Å². The van der Waals surface area contributed by atoms with Gasteiger partial charge in [0.2, 0.25) is 0 Å². The maximum Gasteiger partial charge on any atom is 0.169 e. The van der Waals surface area contributed by atoms with Gasteiger partial charge in [-0.05, 0) is 52.8 Å². The third-order valence-corrected chi connectivity index (χ3v) is 4.04. The molecule has 0 spiro atoms. The minimum atomic E-state index is -0.136. The van der Waals surface area contributed by atoms with Crippen molar-refractivity contribution in [2.24, 2.45) is 0 Å². The fourth-order valence-corrected chi connectivity index (χ4v) is 3.56. The number of hydrogen-bond donors (Lipinski definition) is 1. The molecule has 1 heterocycles. The van der Waals surface area contributed by atoms with Gasteiger partial charge in [0.15, 0.2) is 5.11 Å². The Balaban J connectivity index is 1.96. The van der Waals surface area contributed by atoms with Crippen LogP contribution in [0.5, 0.6) is 0 Å². The van der Waals surface area contributed by atoms with Gasteiger partial charge in [0.05, 0.1) is 11.2 Å². The Morgan fingerprint density at radius 2 is 1.61 bits per heavy atom. The Morgan fingerprint density at radius 1 is 1.11 bits per heavy atom. The Hall–Kier alpha value is -0.350. The number of nitrogens with zero attached hydrogens (tertiary/aromatic N) is 1. The Kier molecular flexibility index (Phi) is 3.88. The van der Waals surface area contributed by atoms with Gasteiger partial charge in [0.25, 0.3) is 0 Å². The van der Waals surface area contributed by atoms with Gasteiger partial charge in [-0.1, -0.05) is 12.8 Å². The van der Waals surface area contributed by atoms with Crippen LogP contribution in [-0.4, -0.2) is 40.3 Å². The van der Waals surface area contributed by atoms with E-state index in [1.54, 1.807) is 0 Å². The number of ether oxygens (including phenoxy) is 1. The second-order valence-corrected chi connectivity index (χ2v) is 7.30. The molecule has 0 unspecified atom stereocenters. The van der Waals surface area contributed by atoms with Gasteiger partial charge < -0.3 is 15.0 Å². The van der Waals surface area contributed by atoms with Gasteiger partial charge in [0.1, 0.15) is 0 Å². The lowest BCUT2D eigenvalue weighted by atomic mass is 9.99. The SMILES string of the molecule is CC1(C)CN(C(=S)NC2CCCC2)CC(C)(C)O1. The monoisotopic (exact) mass is 270 g/mol. The van der Waals surface area contributed by atoms with Crippen LogP contribution in [0.4, 0.5) is 0 Å². The molecule has 0 atom stereocenters. The Bertz CT molecular complexity index is 306. The van der Waals surface area contributed by atoms with E-state index in [1.165, 1.54) is 25.7 Å². The third kappa shape index (κ3) is 3.58. The molecule has 0 aromatic carbocycles. The van der Waals surface area contributed by atoms with Gasteiger partial charge in [-0.3, -0.25) is 0 Å². The Labute approximate surface area is 116 Å². The minimum Gasteiger partial charge on any atom is -0.366 e. The van der Waals surface area contributed by atoms with Crippen molar-refractivity contribution >= 4 is 17.3 Å². The smallest absolute Gasteiger partial charge is 0.169 e. The Morgan fingerprint density at radius 3 is 2.11 bits per heavy atom. The summed E-state index contributed by atoms with van der Waals surface area (Å²) in [6.07, 6.45) is 5.19. The molecule has 104 valence electrons. The normalized spacial score (nSPS) is 27.2. The fourth-order valence-electron chi connectivity index (χ4n) is 3.27. The van der Waals surface area contributed by atoms with E-state index in [0.717, 1.165) is 18.2 Å². The standard InChI is InChI=1S/C14H26N2OS/c1-13(2)9-16(10-14(3,4)17-13)12(18)15-11-7-5-6-8-11/h11H,5-10H2,1-4H3,(H,15,18). The molecule has 18 heavy (non-hydrogen) atoms. The molecule has 2 rings (SSSR count). The van der Waals surface area contributed by atoms with E-state index < -0.39 is 0 Å². The van der Waals surface area contributed by atoms with Crippen LogP contribution in [0.15, 0.2) is 0 Å². The molecule has 1 N–H and O–H groups in total. The maximum atomic E-state index is 6.08. The van der Waals surface area contributed by atoms with Crippen molar-refractivity contribution in [3.05, 3.63) is 0 Å². The van der Waals surface area contributed by atoms with Crippen LogP contribution in [0.1, 0.15) is 53.4 Å². The van der Waals surface area contributed by atoms with E-state index in [1.807, 2.05) is 0 Å². The molecule has 3 nitrogen and oxygen atoms in total. The van der Waals surface area contributed by atoms with E-state index in [-0.39, 0.29) is 11.2 Å². The zero-order valence-corrected chi connectivity index (χ0v) is 12.9. The van der Waals surface area contributed by atoms with Crippen molar-refractivity contribution in [3.8, 4) is 0 Å². The number of thiocarbonyl (C=S) groups is 1. The summed E-state index contributed by atoms with van der Waals surface area (Å²) in [7, 11) is 0. The van der Waals surface area contributed by atoms with E-state index in [4.69, 9.17) is 17.0 Å². The first kappa shape index (κ1) is 14.1. The van der Waals surface area contributed by atoms with Gasteiger partial charge in [0, 0.05) is 19.1 Å². The van der Waals surface area contributed by atoms with Crippen molar-refractivity contribution in [1.82, 2.24) is 10.2 Å². The lowest BCUT2D eigenvalue weighted by molar-refractivity contribution is -0.167. The topological polar surface area (TPSA) is 24.5 Å². The van der Waals surface area contributed by atoms with E-state index in [2.05, 4.69) is 37.9 Å². The average Bonchev–Trinajstić information content (AvgIpc) is 2.65. The summed E-state index contributed by atoms with van der Waals surface area (Å²) in [6.45, 7) is 10.3. The van der Waals surface area contributed by atoms with E-state index in [0.29, 0.717) is 6.04 Å². The highest BCUT2D eigenvalue weighted by Gasteiger charge is 2.39. The van der Waals surface area contributed by atoms with Gasteiger partial charge in [-0.25, -0.2) is 0 Å². The lowest BCUT2D eigenvalue weighted by Gasteiger charge is -2.48. The fraction of sp³-hybridized carbons (Fsp3) is 0.929. The average molecular weight is 270 g/mol.